The lowest BCUT2D eigenvalue weighted by Gasteiger charge is -2.40. The Bertz CT molecular complexity index is 673. The number of hydrogen-bond acceptors (Lipinski definition) is 3. The molecule has 2 unspecified atom stereocenters. The number of nitrogens with zero attached hydrogens (tertiary/aromatic N) is 1. The van der Waals surface area contributed by atoms with E-state index in [1.165, 1.54) is 13.1 Å². The van der Waals surface area contributed by atoms with Crippen LogP contribution in [0.25, 0.3) is 0 Å². The van der Waals surface area contributed by atoms with E-state index in [1.807, 2.05) is 0 Å². The number of hydrogen-bond donors (Lipinski definition) is 1. The van der Waals surface area contributed by atoms with Gasteiger partial charge in [0.2, 0.25) is 5.91 Å². The quantitative estimate of drug-likeness (QED) is 0.887. The normalized spacial score (nSPS) is 20.6. The molecule has 1 aliphatic rings. The molecular weight excluding hydrogens is 342 g/mol. The average Bonchev–Trinajstić information content (AvgIpc) is 2.55. The highest BCUT2D eigenvalue weighted by Gasteiger charge is 2.35. The molecule has 1 fully saturated rings. The number of rotatable bonds is 3. The van der Waals surface area contributed by atoms with Crippen molar-refractivity contribution in [1.82, 2.24) is 10.2 Å². The van der Waals surface area contributed by atoms with E-state index in [2.05, 4.69) is 5.32 Å². The minimum Gasteiger partial charge on any atom is -0.444 e. The summed E-state index contributed by atoms with van der Waals surface area (Å²) >= 11 is 0. The van der Waals surface area contributed by atoms with Gasteiger partial charge in [-0.2, -0.15) is 0 Å². The molecule has 0 bridgehead atoms. The van der Waals surface area contributed by atoms with Gasteiger partial charge in [-0.05, 0) is 57.2 Å². The SMILES string of the molecule is CNC(=O)CC1CC(c2ccc(F)c(F)c2)CCN1C(=O)OC(C)(C)C. The molecule has 0 saturated carbocycles. The summed E-state index contributed by atoms with van der Waals surface area (Å²) in [4.78, 5) is 25.9. The monoisotopic (exact) mass is 368 g/mol. The predicted molar refractivity (Wildman–Crippen MR) is 93.7 cm³/mol. The molecule has 144 valence electrons. The van der Waals surface area contributed by atoms with Crippen LogP contribution in [0, 0.1) is 11.6 Å². The molecule has 2 amide bonds. The van der Waals surface area contributed by atoms with Crippen LogP contribution in [0.4, 0.5) is 13.6 Å². The molecule has 1 N–H and O–H groups in total. The molecule has 0 aliphatic carbocycles. The maximum absolute atomic E-state index is 13.6. The third-order valence-electron chi connectivity index (χ3n) is 4.46. The van der Waals surface area contributed by atoms with Crippen molar-refractivity contribution in [2.45, 2.75) is 57.6 Å². The number of piperidine rings is 1. The Kier molecular flexibility index (Phi) is 6.21. The largest absolute Gasteiger partial charge is 0.444 e. The fourth-order valence-corrected chi connectivity index (χ4v) is 3.19. The van der Waals surface area contributed by atoms with Crippen LogP contribution < -0.4 is 5.32 Å². The van der Waals surface area contributed by atoms with Crippen LogP contribution in [0.5, 0.6) is 0 Å². The molecule has 1 heterocycles. The van der Waals surface area contributed by atoms with Gasteiger partial charge in [0.1, 0.15) is 5.60 Å². The highest BCUT2D eigenvalue weighted by atomic mass is 19.2. The first-order valence-electron chi connectivity index (χ1n) is 8.76. The standard InChI is InChI=1S/C19H26F2N2O3/c1-19(2,3)26-18(25)23-8-7-13(9-14(23)11-17(24)22-4)12-5-6-15(20)16(21)10-12/h5-6,10,13-14H,7-9,11H2,1-4H3,(H,22,24). The fourth-order valence-electron chi connectivity index (χ4n) is 3.19. The van der Waals surface area contributed by atoms with E-state index in [0.29, 0.717) is 24.9 Å². The van der Waals surface area contributed by atoms with E-state index in [4.69, 9.17) is 4.74 Å². The molecule has 7 heteroatoms. The Morgan fingerprint density at radius 1 is 1.27 bits per heavy atom. The maximum atomic E-state index is 13.6. The van der Waals surface area contributed by atoms with Gasteiger partial charge in [0, 0.05) is 26.1 Å². The van der Waals surface area contributed by atoms with Gasteiger partial charge in [-0.1, -0.05) is 6.07 Å². The van der Waals surface area contributed by atoms with Gasteiger partial charge >= 0.3 is 6.09 Å². The lowest BCUT2D eigenvalue weighted by molar-refractivity contribution is -0.122. The zero-order chi connectivity index (χ0) is 19.5. The van der Waals surface area contributed by atoms with Crippen molar-refractivity contribution in [2.24, 2.45) is 0 Å². The molecule has 2 rings (SSSR count). The molecule has 2 atom stereocenters. The predicted octanol–water partition coefficient (Wildman–Crippen LogP) is 3.58. The van der Waals surface area contributed by atoms with Crippen LogP contribution in [0.1, 0.15) is 51.5 Å². The van der Waals surface area contributed by atoms with Crippen molar-refractivity contribution < 1.29 is 23.1 Å². The number of ether oxygens (including phenoxy) is 1. The Hall–Kier alpha value is -2.18. The van der Waals surface area contributed by atoms with Crippen molar-refractivity contribution in [1.29, 1.82) is 0 Å². The summed E-state index contributed by atoms with van der Waals surface area (Å²) in [6.45, 7) is 5.74. The van der Waals surface area contributed by atoms with E-state index in [1.54, 1.807) is 31.7 Å². The summed E-state index contributed by atoms with van der Waals surface area (Å²) in [6.07, 6.45) is 0.748. The van der Waals surface area contributed by atoms with Crippen molar-refractivity contribution in [3.8, 4) is 0 Å². The second-order valence-corrected chi connectivity index (χ2v) is 7.60. The molecule has 1 aromatic carbocycles. The third-order valence-corrected chi connectivity index (χ3v) is 4.46. The van der Waals surface area contributed by atoms with Crippen molar-refractivity contribution in [2.75, 3.05) is 13.6 Å². The van der Waals surface area contributed by atoms with E-state index in [-0.39, 0.29) is 24.3 Å². The lowest BCUT2D eigenvalue weighted by atomic mass is 9.84. The van der Waals surface area contributed by atoms with E-state index < -0.39 is 23.3 Å². The second-order valence-electron chi connectivity index (χ2n) is 7.60. The highest BCUT2D eigenvalue weighted by Crippen LogP contribution is 2.34. The first kappa shape index (κ1) is 20.1. The number of halogens is 2. The van der Waals surface area contributed by atoms with Crippen LogP contribution >= 0.6 is 0 Å². The maximum Gasteiger partial charge on any atom is 0.410 e. The molecule has 5 nitrogen and oxygen atoms in total. The number of nitrogens with one attached hydrogen (secondary N) is 1. The molecule has 1 aliphatic heterocycles. The second kappa shape index (κ2) is 8.01. The van der Waals surface area contributed by atoms with Gasteiger partial charge < -0.3 is 15.0 Å². The molecule has 0 spiro atoms. The van der Waals surface area contributed by atoms with Crippen LogP contribution in [0.3, 0.4) is 0 Å². The summed E-state index contributed by atoms with van der Waals surface area (Å²) in [5.74, 6) is -2.02. The van der Waals surface area contributed by atoms with Gasteiger partial charge in [0.25, 0.3) is 0 Å². The van der Waals surface area contributed by atoms with E-state index in [0.717, 1.165) is 6.07 Å². The molecule has 1 aromatic rings. The van der Waals surface area contributed by atoms with Gasteiger partial charge in [-0.3, -0.25) is 4.79 Å². The zero-order valence-electron chi connectivity index (χ0n) is 15.6. The van der Waals surface area contributed by atoms with Gasteiger partial charge in [0.15, 0.2) is 11.6 Å². The minimum absolute atomic E-state index is 0.0570. The van der Waals surface area contributed by atoms with Crippen molar-refractivity contribution in [3.05, 3.63) is 35.4 Å². The Morgan fingerprint density at radius 3 is 2.54 bits per heavy atom. The number of amides is 2. The molecular formula is C19H26F2N2O3. The number of carbonyl (C=O) groups excluding carboxylic acids is 2. The topological polar surface area (TPSA) is 58.6 Å². The van der Waals surface area contributed by atoms with Gasteiger partial charge in [-0.25, -0.2) is 13.6 Å². The summed E-state index contributed by atoms with van der Waals surface area (Å²) in [7, 11) is 1.54. The lowest BCUT2D eigenvalue weighted by Crippen LogP contribution is -2.49. The molecule has 26 heavy (non-hydrogen) atoms. The van der Waals surface area contributed by atoms with Crippen LogP contribution in [0.2, 0.25) is 0 Å². The number of carbonyl (C=O) groups is 2. The summed E-state index contributed by atoms with van der Waals surface area (Å²) in [6, 6.07) is 3.50. The van der Waals surface area contributed by atoms with Gasteiger partial charge in [0.05, 0.1) is 0 Å². The fraction of sp³-hybridized carbons (Fsp3) is 0.579. The molecule has 0 aromatic heterocycles. The van der Waals surface area contributed by atoms with Crippen molar-refractivity contribution >= 4 is 12.0 Å². The Balaban J connectivity index is 2.18. The first-order valence-corrected chi connectivity index (χ1v) is 8.76. The smallest absolute Gasteiger partial charge is 0.410 e. The highest BCUT2D eigenvalue weighted by molar-refractivity contribution is 5.77. The average molecular weight is 368 g/mol. The number of benzene rings is 1. The van der Waals surface area contributed by atoms with E-state index >= 15 is 0 Å². The van der Waals surface area contributed by atoms with Crippen LogP contribution in [-0.2, 0) is 9.53 Å². The Labute approximate surface area is 152 Å². The minimum atomic E-state index is -0.889. The van der Waals surface area contributed by atoms with Crippen molar-refractivity contribution in [3.63, 3.8) is 0 Å². The van der Waals surface area contributed by atoms with E-state index in [9.17, 15) is 18.4 Å². The van der Waals surface area contributed by atoms with Gasteiger partial charge in [-0.15, -0.1) is 0 Å². The molecule has 0 radical (unpaired) electrons. The molecule has 1 saturated heterocycles. The summed E-state index contributed by atoms with van der Waals surface area (Å²) in [5.41, 5.74) is 0.0422. The zero-order valence-corrected chi connectivity index (χ0v) is 15.6. The first-order chi connectivity index (χ1) is 12.1. The van der Waals surface area contributed by atoms with Crippen LogP contribution in [0.15, 0.2) is 18.2 Å². The summed E-state index contributed by atoms with van der Waals surface area (Å²) < 4.78 is 32.2. The van der Waals surface area contributed by atoms with Crippen LogP contribution in [-0.4, -0.2) is 42.1 Å². The number of likely N-dealkylation sites (tertiary alicyclic amines) is 1. The summed E-state index contributed by atoms with van der Waals surface area (Å²) in [5, 5.41) is 2.56. The third kappa shape index (κ3) is 5.16. The Morgan fingerprint density at radius 2 is 1.96 bits per heavy atom.